The Balaban J connectivity index is 1.37. The maximum atomic E-state index is 6.62. The summed E-state index contributed by atoms with van der Waals surface area (Å²) < 4.78 is 2.39. The molecule has 3 nitrogen and oxygen atoms in total. The third-order valence-electron chi connectivity index (χ3n) is 6.29. The summed E-state index contributed by atoms with van der Waals surface area (Å²) in [7, 11) is 0. The lowest BCUT2D eigenvalue weighted by Gasteiger charge is -2.29. The number of halogens is 1. The van der Waals surface area contributed by atoms with Crippen molar-refractivity contribution in [1.82, 2.24) is 4.57 Å². The maximum Gasteiger partial charge on any atom is 0.0660 e. The fraction of sp³-hybridized carbons (Fsp3) is 0.308. The van der Waals surface area contributed by atoms with Gasteiger partial charge in [0.25, 0.3) is 0 Å². The van der Waals surface area contributed by atoms with Crippen LogP contribution in [0.2, 0.25) is 5.02 Å². The third-order valence-corrected chi connectivity index (χ3v) is 6.60. The molecule has 0 spiro atoms. The lowest BCUT2D eigenvalue weighted by molar-refractivity contribution is 0.578. The molecule has 0 unspecified atom stereocenters. The number of rotatable bonds is 5. The molecule has 1 saturated heterocycles. The van der Waals surface area contributed by atoms with E-state index in [2.05, 4.69) is 82.4 Å². The Morgan fingerprint density at radius 2 is 1.67 bits per heavy atom. The Bertz CT molecular complexity index is 1190. The summed E-state index contributed by atoms with van der Waals surface area (Å²) >= 11 is 6.62. The molecule has 0 aliphatic carbocycles. The number of nitrogens with one attached hydrogen (secondary N) is 1. The van der Waals surface area contributed by atoms with E-state index in [-0.39, 0.29) is 0 Å². The van der Waals surface area contributed by atoms with E-state index in [1.807, 2.05) is 0 Å². The van der Waals surface area contributed by atoms with Gasteiger partial charge >= 0.3 is 0 Å². The smallest absolute Gasteiger partial charge is 0.0660 e. The number of fused-ring (bicyclic) bond motifs is 3. The highest BCUT2D eigenvalue weighted by Crippen LogP contribution is 2.32. The monoisotopic (exact) mass is 417 g/mol. The summed E-state index contributed by atoms with van der Waals surface area (Å²) in [6.07, 6.45) is 3.84. The fourth-order valence-electron chi connectivity index (χ4n) is 4.76. The number of aromatic nitrogens is 1. The second-order valence-electron chi connectivity index (χ2n) is 8.18. The Hall–Kier alpha value is -2.65. The first kappa shape index (κ1) is 19.3. The molecule has 1 aliphatic heterocycles. The van der Waals surface area contributed by atoms with Crippen LogP contribution >= 0.6 is 11.6 Å². The summed E-state index contributed by atoms with van der Waals surface area (Å²) in [6.45, 7) is 6.18. The zero-order valence-corrected chi connectivity index (χ0v) is 18.3. The van der Waals surface area contributed by atoms with E-state index in [0.717, 1.165) is 42.6 Å². The number of benzene rings is 3. The average molecular weight is 418 g/mol. The van der Waals surface area contributed by atoms with Crippen LogP contribution in [-0.4, -0.2) is 17.7 Å². The Morgan fingerprint density at radius 3 is 2.47 bits per heavy atom. The minimum absolute atomic E-state index is 0.779. The zero-order valence-electron chi connectivity index (χ0n) is 17.5. The van der Waals surface area contributed by atoms with Gasteiger partial charge in [-0.2, -0.15) is 0 Å². The van der Waals surface area contributed by atoms with Crippen LogP contribution in [0.25, 0.3) is 21.8 Å². The fourth-order valence-corrected chi connectivity index (χ4v) is 5.06. The van der Waals surface area contributed by atoms with E-state index in [1.165, 1.54) is 46.6 Å². The van der Waals surface area contributed by atoms with E-state index >= 15 is 0 Å². The van der Waals surface area contributed by atoms with Crippen LogP contribution in [-0.2, 0) is 13.1 Å². The summed E-state index contributed by atoms with van der Waals surface area (Å²) in [5, 5.41) is 7.04. The molecule has 3 aromatic carbocycles. The van der Waals surface area contributed by atoms with Crippen molar-refractivity contribution in [3.63, 3.8) is 0 Å². The number of hydrogen-bond donors (Lipinski definition) is 1. The molecule has 0 bridgehead atoms. The second kappa shape index (κ2) is 8.23. The standard InChI is InChI=1S/C26H28ClN3/c1-2-30-24-9-5-4-8-21(24)22-16-19(10-12-25(22)30)18-28-20-11-13-26(23(27)17-20)29-14-6-3-7-15-29/h4-5,8-13,16-17,28H,2-3,6-7,14-15,18H2,1H3. The summed E-state index contributed by atoms with van der Waals surface area (Å²) in [6, 6.07) is 21.8. The van der Waals surface area contributed by atoms with Gasteiger partial charge in [0.05, 0.1) is 10.7 Å². The van der Waals surface area contributed by atoms with Crippen LogP contribution in [0.4, 0.5) is 11.4 Å². The van der Waals surface area contributed by atoms with E-state index < -0.39 is 0 Å². The summed E-state index contributed by atoms with van der Waals surface area (Å²) in [4.78, 5) is 2.41. The number of anilines is 2. The van der Waals surface area contributed by atoms with E-state index in [1.54, 1.807) is 0 Å². The average Bonchev–Trinajstić information content (AvgIpc) is 3.11. The zero-order chi connectivity index (χ0) is 20.5. The van der Waals surface area contributed by atoms with Crippen LogP contribution in [0.15, 0.2) is 60.7 Å². The first-order valence-electron chi connectivity index (χ1n) is 11.0. The molecule has 2 heterocycles. The number of para-hydroxylation sites is 1. The highest BCUT2D eigenvalue weighted by Gasteiger charge is 2.14. The number of hydrogen-bond acceptors (Lipinski definition) is 2. The molecule has 1 fully saturated rings. The lowest BCUT2D eigenvalue weighted by Crippen LogP contribution is -2.29. The SMILES string of the molecule is CCn1c2ccccc2c2cc(CNc3ccc(N4CCCCC4)c(Cl)c3)ccc21. The molecular formula is C26H28ClN3. The van der Waals surface area contributed by atoms with Gasteiger partial charge in [0, 0.05) is 53.7 Å². The van der Waals surface area contributed by atoms with Crippen LogP contribution in [0, 0.1) is 0 Å². The quantitative estimate of drug-likeness (QED) is 0.374. The van der Waals surface area contributed by atoms with Gasteiger partial charge in [-0.3, -0.25) is 0 Å². The van der Waals surface area contributed by atoms with Crippen molar-refractivity contribution < 1.29 is 0 Å². The van der Waals surface area contributed by atoms with Gasteiger partial charge in [0.2, 0.25) is 0 Å². The van der Waals surface area contributed by atoms with E-state index in [4.69, 9.17) is 11.6 Å². The number of piperidine rings is 1. The van der Waals surface area contributed by atoms with Crippen LogP contribution in [0.3, 0.4) is 0 Å². The molecular weight excluding hydrogens is 390 g/mol. The van der Waals surface area contributed by atoms with Crippen LogP contribution < -0.4 is 10.2 Å². The van der Waals surface area contributed by atoms with Crippen LogP contribution in [0.1, 0.15) is 31.7 Å². The third kappa shape index (κ3) is 3.52. The molecule has 0 amide bonds. The highest BCUT2D eigenvalue weighted by atomic mass is 35.5. The van der Waals surface area contributed by atoms with Crippen molar-refractivity contribution in [1.29, 1.82) is 0 Å². The van der Waals surface area contributed by atoms with E-state index in [9.17, 15) is 0 Å². The molecule has 4 aromatic rings. The van der Waals surface area contributed by atoms with Crippen molar-refractivity contribution >= 4 is 44.8 Å². The van der Waals surface area contributed by atoms with Gasteiger partial charge in [-0.25, -0.2) is 0 Å². The molecule has 4 heteroatoms. The van der Waals surface area contributed by atoms with Gasteiger partial charge < -0.3 is 14.8 Å². The minimum atomic E-state index is 0.779. The normalized spacial score (nSPS) is 14.5. The maximum absolute atomic E-state index is 6.62. The van der Waals surface area contributed by atoms with Gasteiger partial charge in [0.15, 0.2) is 0 Å². The van der Waals surface area contributed by atoms with Crippen molar-refractivity contribution in [2.24, 2.45) is 0 Å². The second-order valence-corrected chi connectivity index (χ2v) is 8.59. The molecule has 0 atom stereocenters. The predicted octanol–water partition coefficient (Wildman–Crippen LogP) is 7.07. The first-order chi connectivity index (χ1) is 14.7. The molecule has 0 radical (unpaired) electrons. The minimum Gasteiger partial charge on any atom is -0.381 e. The summed E-state index contributed by atoms with van der Waals surface area (Å²) in [5.74, 6) is 0. The lowest BCUT2D eigenvalue weighted by atomic mass is 10.1. The Kier molecular flexibility index (Phi) is 5.30. The van der Waals surface area contributed by atoms with Crippen molar-refractivity contribution in [3.8, 4) is 0 Å². The topological polar surface area (TPSA) is 20.2 Å². The summed E-state index contributed by atoms with van der Waals surface area (Å²) in [5.41, 5.74) is 6.11. The van der Waals surface area contributed by atoms with Gasteiger partial charge in [-0.15, -0.1) is 0 Å². The molecule has 0 saturated carbocycles. The number of nitrogens with zero attached hydrogens (tertiary/aromatic N) is 2. The van der Waals surface area contributed by atoms with E-state index in [0.29, 0.717) is 0 Å². The Morgan fingerprint density at radius 1 is 0.867 bits per heavy atom. The van der Waals surface area contributed by atoms with Crippen molar-refractivity contribution in [2.75, 3.05) is 23.3 Å². The number of aryl methyl sites for hydroxylation is 1. The van der Waals surface area contributed by atoms with Crippen molar-refractivity contribution in [2.45, 2.75) is 39.3 Å². The molecule has 1 aromatic heterocycles. The first-order valence-corrected chi connectivity index (χ1v) is 11.4. The molecule has 30 heavy (non-hydrogen) atoms. The van der Waals surface area contributed by atoms with Crippen molar-refractivity contribution in [3.05, 3.63) is 71.2 Å². The van der Waals surface area contributed by atoms with Gasteiger partial charge in [-0.1, -0.05) is 35.9 Å². The van der Waals surface area contributed by atoms with Gasteiger partial charge in [-0.05, 0) is 68.1 Å². The highest BCUT2D eigenvalue weighted by molar-refractivity contribution is 6.33. The van der Waals surface area contributed by atoms with Crippen LogP contribution in [0.5, 0.6) is 0 Å². The molecule has 1 aliphatic rings. The predicted molar refractivity (Wildman–Crippen MR) is 130 cm³/mol. The molecule has 1 N–H and O–H groups in total. The molecule has 154 valence electrons. The molecule has 5 rings (SSSR count). The Labute approximate surface area is 183 Å². The van der Waals surface area contributed by atoms with Gasteiger partial charge in [0.1, 0.15) is 0 Å². The largest absolute Gasteiger partial charge is 0.381 e.